The lowest BCUT2D eigenvalue weighted by Gasteiger charge is -2.19. The first-order valence-corrected chi connectivity index (χ1v) is 9.04. The Bertz CT molecular complexity index is 941. The molecule has 25 heavy (non-hydrogen) atoms. The molecule has 1 N–H and O–H groups in total. The van der Waals surface area contributed by atoms with Crippen LogP contribution in [-0.2, 0) is 0 Å². The summed E-state index contributed by atoms with van der Waals surface area (Å²) >= 11 is 0. The van der Waals surface area contributed by atoms with Crippen LogP contribution in [0.3, 0.4) is 0 Å². The quantitative estimate of drug-likeness (QED) is 0.596. The monoisotopic (exact) mass is 326 g/mol. The van der Waals surface area contributed by atoms with E-state index in [1.54, 1.807) is 0 Å². The van der Waals surface area contributed by atoms with Crippen molar-refractivity contribution in [1.82, 2.24) is 0 Å². The van der Waals surface area contributed by atoms with Gasteiger partial charge in [-0.2, -0.15) is 0 Å². The highest BCUT2D eigenvalue weighted by molar-refractivity contribution is 5.97. The zero-order valence-corrected chi connectivity index (χ0v) is 14.3. The fourth-order valence-electron chi connectivity index (χ4n) is 3.64. The smallest absolute Gasteiger partial charge is 0.0824 e. The van der Waals surface area contributed by atoms with Crippen LogP contribution in [0.4, 0.5) is 0 Å². The molecule has 1 atom stereocenters. The van der Waals surface area contributed by atoms with E-state index < -0.39 is 0 Å². The maximum absolute atomic E-state index is 10.4. The van der Waals surface area contributed by atoms with Crippen molar-refractivity contribution in [3.05, 3.63) is 95.2 Å². The van der Waals surface area contributed by atoms with Crippen LogP contribution in [0, 0.1) is 0 Å². The molecule has 3 aromatic rings. The van der Waals surface area contributed by atoms with Gasteiger partial charge < -0.3 is 5.11 Å². The number of benzene rings is 3. The molecule has 4 rings (SSSR count). The van der Waals surface area contributed by atoms with Crippen molar-refractivity contribution in [1.29, 1.82) is 0 Å². The number of hydrogen-bond donors (Lipinski definition) is 1. The molecule has 0 amide bonds. The van der Waals surface area contributed by atoms with E-state index in [0.29, 0.717) is 0 Å². The van der Waals surface area contributed by atoms with Crippen LogP contribution in [0.2, 0.25) is 0 Å². The molecule has 124 valence electrons. The van der Waals surface area contributed by atoms with Crippen molar-refractivity contribution in [3.8, 4) is 0 Å². The van der Waals surface area contributed by atoms with Gasteiger partial charge >= 0.3 is 0 Å². The zero-order valence-electron chi connectivity index (χ0n) is 14.3. The van der Waals surface area contributed by atoms with Crippen molar-refractivity contribution in [3.63, 3.8) is 0 Å². The third-order valence-corrected chi connectivity index (χ3v) is 4.98. The van der Waals surface area contributed by atoms with Gasteiger partial charge in [0, 0.05) is 11.1 Å². The van der Waals surface area contributed by atoms with E-state index in [1.165, 1.54) is 16.3 Å². The first-order chi connectivity index (χ1) is 12.3. The molecule has 0 aliphatic heterocycles. The summed E-state index contributed by atoms with van der Waals surface area (Å²) in [7, 11) is 0. The standard InChI is InChI=1S/C24H22O/c25-24-16-7-5-12-20(24)17-23(19-9-2-1-3-10-19)22-15-8-13-18-11-4-6-14-21(18)22/h1-4,6,8-11,13-15,24-25H,5,7,12,16H2/t17?,24-/m1/s1. The van der Waals surface area contributed by atoms with Crippen molar-refractivity contribution >= 4 is 16.3 Å². The minimum Gasteiger partial charge on any atom is -0.388 e. The van der Waals surface area contributed by atoms with Gasteiger partial charge in [-0.3, -0.25) is 0 Å². The van der Waals surface area contributed by atoms with E-state index in [-0.39, 0.29) is 6.10 Å². The van der Waals surface area contributed by atoms with Gasteiger partial charge in [0.1, 0.15) is 0 Å². The molecule has 0 aromatic heterocycles. The number of hydrogen-bond acceptors (Lipinski definition) is 1. The van der Waals surface area contributed by atoms with Gasteiger partial charge in [0.2, 0.25) is 0 Å². The van der Waals surface area contributed by atoms with Crippen LogP contribution in [0.15, 0.2) is 84.1 Å². The third kappa shape index (κ3) is 3.30. The number of aliphatic hydroxyl groups excluding tert-OH is 1. The molecule has 1 fully saturated rings. The number of rotatable bonds is 2. The third-order valence-electron chi connectivity index (χ3n) is 4.98. The highest BCUT2D eigenvalue weighted by Gasteiger charge is 2.17. The van der Waals surface area contributed by atoms with Crippen molar-refractivity contribution in [2.45, 2.75) is 31.8 Å². The number of aliphatic hydroxyl groups is 1. The average Bonchev–Trinajstić information content (AvgIpc) is 2.68. The molecular formula is C24H22O. The SMILES string of the molecule is O[C@@H]1CCCCC1=C=C(c1ccccc1)c1cccc2ccccc12. The second-order valence-electron chi connectivity index (χ2n) is 6.68. The van der Waals surface area contributed by atoms with Crippen LogP contribution in [0.25, 0.3) is 16.3 Å². The predicted octanol–water partition coefficient (Wildman–Crippen LogP) is 5.73. The van der Waals surface area contributed by atoms with Crippen LogP contribution in [0.1, 0.15) is 36.8 Å². The first-order valence-electron chi connectivity index (χ1n) is 9.04. The maximum Gasteiger partial charge on any atom is 0.0824 e. The Morgan fingerprint density at radius 3 is 2.44 bits per heavy atom. The maximum atomic E-state index is 10.4. The summed E-state index contributed by atoms with van der Waals surface area (Å²) in [4.78, 5) is 0. The van der Waals surface area contributed by atoms with Gasteiger partial charge in [0.15, 0.2) is 0 Å². The molecule has 0 bridgehead atoms. The lowest BCUT2D eigenvalue weighted by Crippen LogP contribution is -2.14. The Labute approximate surface area is 148 Å². The van der Waals surface area contributed by atoms with Crippen molar-refractivity contribution in [2.75, 3.05) is 0 Å². The molecule has 0 heterocycles. The molecule has 1 saturated carbocycles. The van der Waals surface area contributed by atoms with Crippen LogP contribution in [0.5, 0.6) is 0 Å². The van der Waals surface area contributed by atoms with Crippen molar-refractivity contribution in [2.24, 2.45) is 0 Å². The first kappa shape index (κ1) is 15.9. The highest BCUT2D eigenvalue weighted by atomic mass is 16.3. The van der Waals surface area contributed by atoms with Gasteiger partial charge in [0.25, 0.3) is 0 Å². The largest absolute Gasteiger partial charge is 0.388 e. The van der Waals surface area contributed by atoms with E-state index in [0.717, 1.165) is 42.4 Å². The molecule has 0 radical (unpaired) electrons. The summed E-state index contributed by atoms with van der Waals surface area (Å²) in [6.07, 6.45) is 3.66. The normalized spacial score (nSPS) is 17.3. The van der Waals surface area contributed by atoms with E-state index >= 15 is 0 Å². The lowest BCUT2D eigenvalue weighted by atomic mass is 9.89. The average molecular weight is 326 g/mol. The minimum absolute atomic E-state index is 0.359. The van der Waals surface area contributed by atoms with Crippen molar-refractivity contribution < 1.29 is 5.11 Å². The van der Waals surface area contributed by atoms with Gasteiger partial charge in [-0.15, -0.1) is 5.73 Å². The van der Waals surface area contributed by atoms with Gasteiger partial charge in [0.05, 0.1) is 6.10 Å². The topological polar surface area (TPSA) is 20.2 Å². The van der Waals surface area contributed by atoms with E-state index in [9.17, 15) is 5.11 Å². The molecule has 0 unspecified atom stereocenters. The van der Waals surface area contributed by atoms with E-state index in [1.807, 2.05) is 6.07 Å². The summed E-state index contributed by atoms with van der Waals surface area (Å²) in [6, 6.07) is 25.3. The van der Waals surface area contributed by atoms with Gasteiger partial charge in [-0.05, 0) is 41.2 Å². The zero-order chi connectivity index (χ0) is 17.1. The molecule has 3 aromatic carbocycles. The fraction of sp³-hybridized carbons (Fsp3) is 0.208. The molecule has 1 aliphatic carbocycles. The number of fused-ring (bicyclic) bond motifs is 1. The Balaban J connectivity index is 2.00. The van der Waals surface area contributed by atoms with Crippen LogP contribution in [-0.4, -0.2) is 11.2 Å². The van der Waals surface area contributed by atoms with Crippen LogP contribution < -0.4 is 0 Å². The van der Waals surface area contributed by atoms with Gasteiger partial charge in [-0.25, -0.2) is 0 Å². The summed E-state index contributed by atoms with van der Waals surface area (Å²) < 4.78 is 0. The predicted molar refractivity (Wildman–Crippen MR) is 104 cm³/mol. The molecular weight excluding hydrogens is 304 g/mol. The Morgan fingerprint density at radius 2 is 1.60 bits per heavy atom. The summed E-state index contributed by atoms with van der Waals surface area (Å²) in [5, 5.41) is 12.9. The minimum atomic E-state index is -0.359. The Morgan fingerprint density at radius 1 is 0.840 bits per heavy atom. The summed E-state index contributed by atoms with van der Waals surface area (Å²) in [6.45, 7) is 0. The van der Waals surface area contributed by atoms with E-state index in [4.69, 9.17) is 0 Å². The molecule has 1 nitrogen and oxygen atoms in total. The highest BCUT2D eigenvalue weighted by Crippen LogP contribution is 2.31. The molecule has 1 heteroatoms. The van der Waals surface area contributed by atoms with Gasteiger partial charge in [-0.1, -0.05) is 79.2 Å². The molecule has 1 aliphatic rings. The lowest BCUT2D eigenvalue weighted by molar-refractivity contribution is 0.179. The van der Waals surface area contributed by atoms with E-state index in [2.05, 4.69) is 72.5 Å². The summed E-state index contributed by atoms with van der Waals surface area (Å²) in [5.74, 6) is 0. The Kier molecular flexibility index (Phi) is 4.52. The Hall–Kier alpha value is -2.60. The second kappa shape index (κ2) is 7.11. The van der Waals surface area contributed by atoms with Crippen LogP contribution >= 0.6 is 0 Å². The molecule has 0 spiro atoms. The summed E-state index contributed by atoms with van der Waals surface area (Å²) in [5.41, 5.74) is 8.05. The molecule has 0 saturated heterocycles. The fourth-order valence-corrected chi connectivity index (χ4v) is 3.64. The second-order valence-corrected chi connectivity index (χ2v) is 6.68.